The average Bonchev–Trinajstić information content (AvgIpc) is 3.83. The minimum absolute atomic E-state index is 0.0359. The van der Waals surface area contributed by atoms with Gasteiger partial charge >= 0.3 is 11.5 Å². The van der Waals surface area contributed by atoms with E-state index in [0.29, 0.717) is 5.92 Å². The SMILES string of the molecule is Cc1cccc(C)c1-n1c2[n+](c3ccccc31)C1(c3cc(C(C)(C)C)ccc3-c3cc(CC(C)C)c([Si](C)(C)C)c[n+]31)c1ccc3c(oc4ccccc43)c1-2. The molecule has 5 heteroatoms. The van der Waals surface area contributed by atoms with Gasteiger partial charge in [0.15, 0.2) is 22.8 Å². The number of hydrogen-bond acceptors (Lipinski definition) is 1. The fraction of sp³-hybridized carbons (Fsp3) is 0.280. The third-order valence-electron chi connectivity index (χ3n) is 12.4. The van der Waals surface area contributed by atoms with Gasteiger partial charge in [-0.2, -0.15) is 4.57 Å². The van der Waals surface area contributed by atoms with Gasteiger partial charge in [-0.1, -0.05) is 109 Å². The Morgan fingerprint density at radius 2 is 1.51 bits per heavy atom. The zero-order valence-corrected chi connectivity index (χ0v) is 34.9. The van der Waals surface area contributed by atoms with Crippen molar-refractivity contribution < 1.29 is 13.6 Å². The molecule has 5 heterocycles. The average molecular weight is 738 g/mol. The second-order valence-corrected chi connectivity index (χ2v) is 23.7. The predicted octanol–water partition coefficient (Wildman–Crippen LogP) is 11.0. The molecule has 2 aliphatic rings. The highest BCUT2D eigenvalue weighted by atomic mass is 28.3. The highest BCUT2D eigenvalue weighted by Gasteiger charge is 2.67. The quantitative estimate of drug-likeness (QED) is 0.130. The van der Waals surface area contributed by atoms with Crippen molar-refractivity contribution in [1.82, 2.24) is 4.57 Å². The van der Waals surface area contributed by atoms with Gasteiger partial charge in [0.2, 0.25) is 5.69 Å². The van der Waals surface area contributed by atoms with E-state index in [0.717, 1.165) is 34.2 Å². The largest absolute Gasteiger partial charge is 0.455 e. The number of para-hydroxylation sites is 4. The van der Waals surface area contributed by atoms with Crippen LogP contribution in [-0.4, -0.2) is 12.6 Å². The fourth-order valence-electron chi connectivity index (χ4n) is 10.0. The predicted molar refractivity (Wildman–Crippen MR) is 230 cm³/mol. The van der Waals surface area contributed by atoms with Gasteiger partial charge in [-0.15, -0.1) is 9.13 Å². The Kier molecular flexibility index (Phi) is 7.09. The molecule has 0 fully saturated rings. The number of fused-ring (bicyclic) bond motifs is 16. The summed E-state index contributed by atoms with van der Waals surface area (Å²) < 4.78 is 15.0. The van der Waals surface area contributed by atoms with Gasteiger partial charge in [-0.05, 0) is 96.3 Å². The number of rotatable bonds is 4. The number of aryl methyl sites for hydroxylation is 2. The maximum Gasteiger partial charge on any atom is 0.364 e. The Bertz CT molecular complexity index is 2910. The molecule has 0 amide bonds. The van der Waals surface area contributed by atoms with Crippen molar-refractivity contribution in [3.05, 3.63) is 143 Å². The summed E-state index contributed by atoms with van der Waals surface area (Å²) in [6, 6.07) is 38.9. The van der Waals surface area contributed by atoms with E-state index in [1.807, 2.05) is 0 Å². The molecule has 1 atom stereocenters. The van der Waals surface area contributed by atoms with Gasteiger partial charge in [-0.25, -0.2) is 0 Å². The molecule has 10 rings (SSSR count). The summed E-state index contributed by atoms with van der Waals surface area (Å²) in [5.41, 5.74) is 16.4. The standard InChI is InChI=1S/C50H51N3OSi/c1-30(2)26-33-27-42-37-23-22-34(49(5,6)7)28-39(37)50(51(42)29-44(33)55(8,9)10)38-25-24-36-35-18-11-14-21-43(35)54-47(36)45(38)48-52(46-31(3)16-15-17-32(46)4)40-19-12-13-20-41(40)53(48)50/h11-25,27-30H,26H2,1-10H3/q+2. The lowest BCUT2D eigenvalue weighted by molar-refractivity contribution is -0.944. The Hall–Kier alpha value is -5.26. The van der Waals surface area contributed by atoms with Crippen LogP contribution in [0.1, 0.15) is 68.0 Å². The van der Waals surface area contributed by atoms with Crippen molar-refractivity contribution in [2.24, 2.45) is 5.92 Å². The fourth-order valence-corrected chi connectivity index (χ4v) is 11.7. The highest BCUT2D eigenvalue weighted by Crippen LogP contribution is 2.53. The molecule has 1 spiro atoms. The molecular weight excluding hydrogens is 687 g/mol. The zero-order chi connectivity index (χ0) is 38.3. The van der Waals surface area contributed by atoms with Crippen molar-refractivity contribution in [1.29, 1.82) is 0 Å². The molecule has 1 unspecified atom stereocenters. The first-order chi connectivity index (χ1) is 26.2. The van der Waals surface area contributed by atoms with Crippen molar-refractivity contribution in [2.45, 2.75) is 85.6 Å². The Morgan fingerprint density at radius 1 is 0.782 bits per heavy atom. The molecule has 5 aromatic carbocycles. The molecular formula is C50H51N3OSi+2. The van der Waals surface area contributed by atoms with Crippen LogP contribution in [0, 0.1) is 19.8 Å². The molecule has 0 saturated carbocycles. The zero-order valence-electron chi connectivity index (χ0n) is 33.9. The second kappa shape index (κ2) is 11.4. The Morgan fingerprint density at radius 3 is 2.24 bits per heavy atom. The normalized spacial score (nSPS) is 16.1. The van der Waals surface area contributed by atoms with E-state index in [1.165, 1.54) is 72.1 Å². The van der Waals surface area contributed by atoms with E-state index in [9.17, 15) is 0 Å². The summed E-state index contributed by atoms with van der Waals surface area (Å²) in [4.78, 5) is 0. The molecule has 274 valence electrons. The van der Waals surface area contributed by atoms with Crippen LogP contribution in [0.4, 0.5) is 0 Å². The summed E-state index contributed by atoms with van der Waals surface area (Å²) in [7, 11) is -1.82. The van der Waals surface area contributed by atoms with Crippen LogP contribution in [0.5, 0.6) is 0 Å². The van der Waals surface area contributed by atoms with E-state index in [2.05, 4.69) is 191 Å². The minimum atomic E-state index is -1.82. The van der Waals surface area contributed by atoms with Crippen LogP contribution in [0.3, 0.4) is 0 Å². The van der Waals surface area contributed by atoms with Crippen molar-refractivity contribution in [2.75, 3.05) is 0 Å². The van der Waals surface area contributed by atoms with E-state index < -0.39 is 13.7 Å². The van der Waals surface area contributed by atoms with E-state index in [1.54, 1.807) is 0 Å². The molecule has 55 heavy (non-hydrogen) atoms. The first kappa shape index (κ1) is 34.2. The molecule has 0 aliphatic carbocycles. The van der Waals surface area contributed by atoms with Crippen molar-refractivity contribution in [3.8, 4) is 28.3 Å². The molecule has 3 aromatic heterocycles. The van der Waals surface area contributed by atoms with Crippen LogP contribution in [0.2, 0.25) is 19.6 Å². The summed E-state index contributed by atoms with van der Waals surface area (Å²) in [6.45, 7) is 23.8. The van der Waals surface area contributed by atoms with Gasteiger partial charge in [0, 0.05) is 22.0 Å². The van der Waals surface area contributed by atoms with Gasteiger partial charge in [0.25, 0.3) is 0 Å². The number of nitrogens with zero attached hydrogens (tertiary/aromatic N) is 3. The number of hydrogen-bond donors (Lipinski definition) is 0. The monoisotopic (exact) mass is 737 g/mol. The summed E-state index contributed by atoms with van der Waals surface area (Å²) >= 11 is 0. The molecule has 0 saturated heterocycles. The van der Waals surface area contributed by atoms with Crippen LogP contribution in [0.15, 0.2) is 114 Å². The van der Waals surface area contributed by atoms with E-state index >= 15 is 0 Å². The van der Waals surface area contributed by atoms with E-state index in [-0.39, 0.29) is 5.41 Å². The summed E-state index contributed by atoms with van der Waals surface area (Å²) in [5.74, 6) is 1.72. The lowest BCUT2D eigenvalue weighted by atomic mass is 9.82. The molecule has 2 aliphatic heterocycles. The lowest BCUT2D eigenvalue weighted by Crippen LogP contribution is -2.72. The van der Waals surface area contributed by atoms with Gasteiger partial charge in [-0.3, -0.25) is 0 Å². The molecule has 4 nitrogen and oxygen atoms in total. The van der Waals surface area contributed by atoms with Crippen LogP contribution in [0.25, 0.3) is 61.3 Å². The summed E-state index contributed by atoms with van der Waals surface area (Å²) in [5, 5.41) is 3.84. The Labute approximate surface area is 325 Å². The topological polar surface area (TPSA) is 25.8 Å². The van der Waals surface area contributed by atoms with E-state index in [4.69, 9.17) is 4.42 Å². The number of pyridine rings is 1. The minimum Gasteiger partial charge on any atom is -0.455 e. The maximum atomic E-state index is 7.07. The third-order valence-corrected chi connectivity index (χ3v) is 14.5. The molecule has 0 radical (unpaired) electrons. The number of furan rings is 1. The first-order valence-electron chi connectivity index (χ1n) is 20.0. The molecule has 0 bridgehead atoms. The first-order valence-corrected chi connectivity index (χ1v) is 23.5. The lowest BCUT2D eigenvalue weighted by Gasteiger charge is -2.25. The maximum absolute atomic E-state index is 7.07. The van der Waals surface area contributed by atoms with Crippen LogP contribution < -0.4 is 14.3 Å². The van der Waals surface area contributed by atoms with Crippen LogP contribution in [-0.2, 0) is 17.5 Å². The third kappa shape index (κ3) is 4.56. The second-order valence-electron chi connectivity index (χ2n) is 18.7. The van der Waals surface area contributed by atoms with Gasteiger partial charge < -0.3 is 4.42 Å². The van der Waals surface area contributed by atoms with Crippen LogP contribution >= 0.6 is 0 Å². The smallest absolute Gasteiger partial charge is 0.364 e. The van der Waals surface area contributed by atoms with Gasteiger partial charge in [0.05, 0.1) is 24.8 Å². The molecule has 0 N–H and O–H groups in total. The van der Waals surface area contributed by atoms with Crippen molar-refractivity contribution >= 4 is 46.2 Å². The van der Waals surface area contributed by atoms with Gasteiger partial charge in [0.1, 0.15) is 16.8 Å². The summed E-state index contributed by atoms with van der Waals surface area (Å²) in [6.07, 6.45) is 3.66. The Balaban J connectivity index is 1.49. The number of imidazole rings is 1. The number of benzene rings is 5. The number of aromatic nitrogens is 3. The molecule has 8 aromatic rings. The van der Waals surface area contributed by atoms with Crippen molar-refractivity contribution in [3.63, 3.8) is 0 Å². The highest BCUT2D eigenvalue weighted by molar-refractivity contribution is 6.89.